The second kappa shape index (κ2) is 8.44. The van der Waals surface area contributed by atoms with Crippen LogP contribution in [-0.4, -0.2) is 35.6 Å². The van der Waals surface area contributed by atoms with E-state index < -0.39 is 0 Å². The summed E-state index contributed by atoms with van der Waals surface area (Å²) in [4.78, 5) is 14.2. The number of amides is 1. The van der Waals surface area contributed by atoms with Crippen molar-refractivity contribution in [1.29, 1.82) is 0 Å². The van der Waals surface area contributed by atoms with E-state index in [2.05, 4.69) is 20.8 Å². The van der Waals surface area contributed by atoms with E-state index in [0.717, 1.165) is 11.5 Å². The largest absolute Gasteiger partial charge is 0.395 e. The van der Waals surface area contributed by atoms with Crippen molar-refractivity contribution < 1.29 is 14.3 Å². The summed E-state index contributed by atoms with van der Waals surface area (Å²) >= 11 is 0. The molecule has 1 N–H and O–H groups in total. The number of likely N-dealkylation sites (N-methyl/N-ethyl adjacent to an activating group) is 1. The summed E-state index contributed by atoms with van der Waals surface area (Å²) in [6.07, 6.45) is 0.906. The Hall–Kier alpha value is -1.42. The van der Waals surface area contributed by atoms with Gasteiger partial charge in [-0.1, -0.05) is 39.8 Å². The molecule has 0 atom stereocenters. The van der Waals surface area contributed by atoms with E-state index in [1.54, 1.807) is 11.0 Å². The molecule has 4 heteroatoms. The molecule has 0 bridgehead atoms. The number of carbonyl (C=O) groups excluding carboxylic acids is 1. The Bertz CT molecular complexity index is 523. The Labute approximate surface area is 139 Å². The predicted molar refractivity (Wildman–Crippen MR) is 91.5 cm³/mol. The minimum Gasteiger partial charge on any atom is -0.395 e. The molecule has 0 saturated carbocycles. The van der Waals surface area contributed by atoms with Crippen LogP contribution in [0.5, 0.6) is 0 Å². The topological polar surface area (TPSA) is 40.5 Å². The molecule has 1 aromatic carbocycles. The lowest BCUT2D eigenvalue weighted by atomic mass is 9.74. The van der Waals surface area contributed by atoms with Crippen molar-refractivity contribution in [3.63, 3.8) is 0 Å². The van der Waals surface area contributed by atoms with Crippen molar-refractivity contribution in [1.82, 2.24) is 4.90 Å². The quantitative estimate of drug-likeness (QED) is 0.833. The van der Waals surface area contributed by atoms with Gasteiger partial charge in [0.2, 0.25) is 5.91 Å². The number of benzene rings is 1. The molecule has 0 aliphatic heterocycles. The van der Waals surface area contributed by atoms with Gasteiger partial charge < -0.3 is 10.0 Å². The maximum atomic E-state index is 13.8. The van der Waals surface area contributed by atoms with Crippen molar-refractivity contribution in [2.45, 2.75) is 47.5 Å². The summed E-state index contributed by atoms with van der Waals surface area (Å²) in [6.45, 7) is 10.9. The highest BCUT2D eigenvalue weighted by molar-refractivity contribution is 5.79. The first-order chi connectivity index (χ1) is 10.7. The number of hydrogen-bond acceptors (Lipinski definition) is 2. The van der Waals surface area contributed by atoms with Gasteiger partial charge in [0.05, 0.1) is 6.61 Å². The molecule has 0 spiro atoms. The van der Waals surface area contributed by atoms with Gasteiger partial charge in [0.15, 0.2) is 0 Å². The highest BCUT2D eigenvalue weighted by Crippen LogP contribution is 2.37. The molecule has 23 heavy (non-hydrogen) atoms. The van der Waals surface area contributed by atoms with Gasteiger partial charge in [0.25, 0.3) is 0 Å². The third kappa shape index (κ3) is 5.31. The van der Waals surface area contributed by atoms with E-state index >= 15 is 0 Å². The van der Waals surface area contributed by atoms with Crippen LogP contribution in [0.1, 0.15) is 52.2 Å². The van der Waals surface area contributed by atoms with Crippen molar-refractivity contribution >= 4 is 5.91 Å². The van der Waals surface area contributed by atoms with Crippen LogP contribution < -0.4 is 0 Å². The summed E-state index contributed by atoms with van der Waals surface area (Å²) in [6, 6.07) is 5.09. The number of aliphatic hydroxyl groups excluding tert-OH is 1. The molecular formula is C19H29FNO2. The van der Waals surface area contributed by atoms with E-state index in [1.807, 2.05) is 19.9 Å². The van der Waals surface area contributed by atoms with Crippen LogP contribution in [0.3, 0.4) is 0 Å². The molecule has 0 unspecified atom stereocenters. The SMILES string of the molecule is CCc1cc([C](CC(=O)N(CC)CCO)C(C)(C)C)ccc1F. The molecular weight excluding hydrogens is 293 g/mol. The van der Waals surface area contributed by atoms with Crippen molar-refractivity contribution in [3.05, 3.63) is 41.1 Å². The molecule has 0 aliphatic carbocycles. The van der Waals surface area contributed by atoms with Crippen LogP contribution in [0.15, 0.2) is 18.2 Å². The second-order valence-electron chi connectivity index (χ2n) is 6.76. The highest BCUT2D eigenvalue weighted by atomic mass is 19.1. The molecule has 129 valence electrons. The van der Waals surface area contributed by atoms with Crippen LogP contribution in [0, 0.1) is 17.2 Å². The predicted octanol–water partition coefficient (Wildman–Crippen LogP) is 3.59. The zero-order valence-corrected chi connectivity index (χ0v) is 14.9. The molecule has 0 fully saturated rings. The van der Waals surface area contributed by atoms with Gasteiger partial charge in [0.1, 0.15) is 5.82 Å². The molecule has 1 rings (SSSR count). The minimum absolute atomic E-state index is 0.00570. The number of hydrogen-bond donors (Lipinski definition) is 1. The lowest BCUT2D eigenvalue weighted by molar-refractivity contribution is -0.131. The highest BCUT2D eigenvalue weighted by Gasteiger charge is 2.31. The van der Waals surface area contributed by atoms with Crippen LogP contribution in [0.25, 0.3) is 0 Å². The van der Waals surface area contributed by atoms with Gasteiger partial charge in [-0.25, -0.2) is 4.39 Å². The number of rotatable bonds is 7. The lowest BCUT2D eigenvalue weighted by Gasteiger charge is -2.32. The average molecular weight is 322 g/mol. The van der Waals surface area contributed by atoms with Gasteiger partial charge in [0, 0.05) is 25.4 Å². The van der Waals surface area contributed by atoms with Gasteiger partial charge in [-0.05, 0) is 36.0 Å². The van der Waals surface area contributed by atoms with Crippen LogP contribution in [0.4, 0.5) is 4.39 Å². The number of aliphatic hydroxyl groups is 1. The lowest BCUT2D eigenvalue weighted by Crippen LogP contribution is -2.36. The number of halogens is 1. The van der Waals surface area contributed by atoms with Gasteiger partial charge >= 0.3 is 0 Å². The molecule has 0 aromatic heterocycles. The van der Waals surface area contributed by atoms with Crippen LogP contribution >= 0.6 is 0 Å². The minimum atomic E-state index is -0.202. The Balaban J connectivity index is 3.09. The van der Waals surface area contributed by atoms with E-state index in [9.17, 15) is 9.18 Å². The number of carbonyl (C=O) groups is 1. The fraction of sp³-hybridized carbons (Fsp3) is 0.579. The standard InChI is InChI=1S/C19H29FNO2/c1-6-14-12-15(8-9-17(14)20)16(19(3,4)5)13-18(23)21(7-2)10-11-22/h8-9,12,22H,6-7,10-11,13H2,1-5H3. The van der Waals surface area contributed by atoms with Crippen molar-refractivity contribution in [3.8, 4) is 0 Å². The summed E-state index contributed by atoms with van der Waals surface area (Å²) in [5.74, 6) is 0.786. The first-order valence-electron chi connectivity index (χ1n) is 8.28. The Morgan fingerprint density at radius 2 is 1.91 bits per heavy atom. The monoisotopic (exact) mass is 322 g/mol. The van der Waals surface area contributed by atoms with E-state index in [0.29, 0.717) is 25.1 Å². The molecule has 3 nitrogen and oxygen atoms in total. The Morgan fingerprint density at radius 1 is 1.26 bits per heavy atom. The van der Waals surface area contributed by atoms with E-state index in [4.69, 9.17) is 5.11 Å². The maximum absolute atomic E-state index is 13.8. The maximum Gasteiger partial charge on any atom is 0.223 e. The van der Waals surface area contributed by atoms with Crippen molar-refractivity contribution in [2.24, 2.45) is 5.41 Å². The zero-order chi connectivity index (χ0) is 17.6. The van der Waals surface area contributed by atoms with Crippen LogP contribution in [-0.2, 0) is 11.2 Å². The third-order valence-corrected chi connectivity index (χ3v) is 4.11. The van der Waals surface area contributed by atoms with Crippen LogP contribution in [0.2, 0.25) is 0 Å². The summed E-state index contributed by atoms with van der Waals surface area (Å²) in [5, 5.41) is 9.08. The number of nitrogens with zero attached hydrogens (tertiary/aromatic N) is 1. The fourth-order valence-corrected chi connectivity index (χ4v) is 2.68. The fourth-order valence-electron chi connectivity index (χ4n) is 2.68. The smallest absolute Gasteiger partial charge is 0.223 e. The Morgan fingerprint density at radius 3 is 2.39 bits per heavy atom. The van der Waals surface area contributed by atoms with Gasteiger partial charge in [-0.15, -0.1) is 0 Å². The number of aryl methyl sites for hydroxylation is 1. The third-order valence-electron chi connectivity index (χ3n) is 4.11. The zero-order valence-electron chi connectivity index (χ0n) is 14.9. The summed E-state index contributed by atoms with van der Waals surface area (Å²) in [7, 11) is 0. The van der Waals surface area contributed by atoms with E-state index in [-0.39, 0.29) is 30.2 Å². The molecule has 0 heterocycles. The Kier molecular flexibility index (Phi) is 7.20. The van der Waals surface area contributed by atoms with Crippen molar-refractivity contribution in [2.75, 3.05) is 19.7 Å². The first kappa shape index (κ1) is 19.6. The molecule has 1 amide bonds. The molecule has 1 radical (unpaired) electrons. The molecule has 1 aromatic rings. The summed E-state index contributed by atoms with van der Waals surface area (Å²) < 4.78 is 13.8. The second-order valence-corrected chi connectivity index (χ2v) is 6.76. The van der Waals surface area contributed by atoms with Gasteiger partial charge in [-0.3, -0.25) is 4.79 Å². The van der Waals surface area contributed by atoms with E-state index in [1.165, 1.54) is 6.07 Å². The normalized spacial score (nSPS) is 11.8. The average Bonchev–Trinajstić information content (AvgIpc) is 2.49. The van der Waals surface area contributed by atoms with Gasteiger partial charge in [-0.2, -0.15) is 0 Å². The first-order valence-corrected chi connectivity index (χ1v) is 8.28. The molecule has 0 saturated heterocycles. The molecule has 0 aliphatic rings. The summed E-state index contributed by atoms with van der Waals surface area (Å²) in [5.41, 5.74) is 1.39.